The second-order valence-corrected chi connectivity index (χ2v) is 6.86. The monoisotopic (exact) mass is 272 g/mol. The SMILES string of the molecule is Cc1ccc(N=Cc2cnccn2)c(O[SiH](C)C)c1.[H+]. The van der Waals surface area contributed by atoms with Gasteiger partial charge in [0.15, 0.2) is 0 Å². The van der Waals surface area contributed by atoms with Crippen LogP contribution in [0.4, 0.5) is 5.69 Å². The highest BCUT2D eigenvalue weighted by Crippen LogP contribution is 2.28. The topological polar surface area (TPSA) is 47.4 Å². The Labute approximate surface area is 116 Å². The molecule has 0 saturated carbocycles. The van der Waals surface area contributed by atoms with Crippen molar-refractivity contribution < 1.29 is 5.85 Å². The molecule has 0 unspecified atom stereocenters. The summed E-state index contributed by atoms with van der Waals surface area (Å²) in [5.74, 6) is 0.849. The van der Waals surface area contributed by atoms with Crippen molar-refractivity contribution in [2.24, 2.45) is 4.99 Å². The van der Waals surface area contributed by atoms with Gasteiger partial charge in [-0.25, -0.2) is 0 Å². The molecule has 5 heteroatoms. The molecule has 0 N–H and O–H groups in total. The summed E-state index contributed by atoms with van der Waals surface area (Å²) >= 11 is 0. The van der Waals surface area contributed by atoms with Crippen LogP contribution in [0.1, 0.15) is 12.7 Å². The summed E-state index contributed by atoms with van der Waals surface area (Å²) in [6, 6.07) is 6.02. The van der Waals surface area contributed by atoms with Crippen molar-refractivity contribution in [2.75, 3.05) is 0 Å². The Morgan fingerprint density at radius 1 is 1.32 bits per heavy atom. The van der Waals surface area contributed by atoms with Gasteiger partial charge in [0, 0.05) is 12.4 Å². The molecule has 0 saturated heterocycles. The average molecular weight is 272 g/mol. The Hall–Kier alpha value is -2.01. The number of hydrogen-bond acceptors (Lipinski definition) is 4. The van der Waals surface area contributed by atoms with E-state index >= 15 is 0 Å². The summed E-state index contributed by atoms with van der Waals surface area (Å²) in [5.41, 5.74) is 2.73. The second kappa shape index (κ2) is 6.24. The molecule has 2 rings (SSSR count). The lowest BCUT2D eigenvalue weighted by Gasteiger charge is -2.12. The summed E-state index contributed by atoms with van der Waals surface area (Å²) in [5, 5.41) is 0. The van der Waals surface area contributed by atoms with Crippen molar-refractivity contribution in [1.29, 1.82) is 0 Å². The first-order valence-electron chi connectivity index (χ1n) is 6.22. The van der Waals surface area contributed by atoms with Gasteiger partial charge in [0.05, 0.1) is 18.1 Å². The zero-order valence-corrected chi connectivity index (χ0v) is 12.5. The smallest absolute Gasteiger partial charge is 0.546 e. The van der Waals surface area contributed by atoms with Gasteiger partial charge in [-0.1, -0.05) is 6.07 Å². The summed E-state index contributed by atoms with van der Waals surface area (Å²) in [6.45, 7) is 6.32. The Balaban J connectivity index is 0.00000200. The molecule has 0 aliphatic heterocycles. The first-order chi connectivity index (χ1) is 9.15. The highest BCUT2D eigenvalue weighted by molar-refractivity contribution is 6.49. The summed E-state index contributed by atoms with van der Waals surface area (Å²) < 4.78 is 5.90. The van der Waals surface area contributed by atoms with E-state index in [-0.39, 0.29) is 1.43 Å². The lowest BCUT2D eigenvalue weighted by atomic mass is 10.2. The van der Waals surface area contributed by atoms with Gasteiger partial charge in [-0.2, -0.15) is 0 Å². The third kappa shape index (κ3) is 3.99. The maximum Gasteiger partial charge on any atom is 1.00 e. The number of aryl methyl sites for hydroxylation is 1. The van der Waals surface area contributed by atoms with Crippen molar-refractivity contribution >= 4 is 20.9 Å². The minimum absolute atomic E-state index is 0. The standard InChI is InChI=1S/C14H17N3OSi/c1-11-4-5-13(14(8-11)18-19(2)3)17-10-12-9-15-6-7-16-12/h4-10,19H,1-3H3/p+1. The molecule has 0 amide bonds. The van der Waals surface area contributed by atoms with Gasteiger partial charge in [-0.15, -0.1) is 0 Å². The van der Waals surface area contributed by atoms with Crippen LogP contribution in [0.5, 0.6) is 5.75 Å². The first kappa shape index (κ1) is 13.4. The Bertz CT molecular complexity index is 576. The molecule has 98 valence electrons. The molecule has 0 radical (unpaired) electrons. The fourth-order valence-corrected chi connectivity index (χ4v) is 2.29. The van der Waals surface area contributed by atoms with Gasteiger partial charge in [0.25, 0.3) is 0 Å². The number of aliphatic imine (C=N–C) groups is 1. The van der Waals surface area contributed by atoms with Gasteiger partial charge in [-0.05, 0) is 37.7 Å². The lowest BCUT2D eigenvalue weighted by molar-refractivity contribution is 0.581. The van der Waals surface area contributed by atoms with E-state index in [0.29, 0.717) is 0 Å². The minimum atomic E-state index is -1.15. The first-order valence-corrected chi connectivity index (χ1v) is 9.00. The maximum absolute atomic E-state index is 5.90. The zero-order chi connectivity index (χ0) is 13.7. The van der Waals surface area contributed by atoms with Crippen molar-refractivity contribution in [3.8, 4) is 5.75 Å². The predicted octanol–water partition coefficient (Wildman–Crippen LogP) is 3.01. The normalized spacial score (nSPS) is 11.2. The van der Waals surface area contributed by atoms with Crippen LogP contribution in [-0.4, -0.2) is 25.2 Å². The van der Waals surface area contributed by atoms with E-state index in [0.717, 1.165) is 17.1 Å². The van der Waals surface area contributed by atoms with E-state index in [9.17, 15) is 0 Å². The molecular weight excluding hydrogens is 254 g/mol. The third-order valence-corrected chi connectivity index (χ3v) is 3.12. The van der Waals surface area contributed by atoms with Crippen LogP contribution < -0.4 is 4.43 Å². The van der Waals surface area contributed by atoms with E-state index in [1.54, 1.807) is 24.8 Å². The number of rotatable bonds is 4. The van der Waals surface area contributed by atoms with Gasteiger partial charge in [0.1, 0.15) is 11.4 Å². The molecule has 0 aliphatic rings. The molecule has 1 aromatic carbocycles. The van der Waals surface area contributed by atoms with Crippen LogP contribution in [0.2, 0.25) is 13.1 Å². The van der Waals surface area contributed by atoms with E-state index in [4.69, 9.17) is 4.43 Å². The average Bonchev–Trinajstić information content (AvgIpc) is 2.38. The third-order valence-electron chi connectivity index (χ3n) is 2.40. The summed E-state index contributed by atoms with van der Waals surface area (Å²) in [4.78, 5) is 12.6. The number of benzene rings is 1. The molecule has 4 nitrogen and oxygen atoms in total. The van der Waals surface area contributed by atoms with E-state index < -0.39 is 9.04 Å². The number of aromatic nitrogens is 2. The largest absolute Gasteiger partial charge is 1.00 e. The number of hydrogen-bond donors (Lipinski definition) is 0. The van der Waals surface area contributed by atoms with E-state index in [2.05, 4.69) is 28.1 Å². The highest BCUT2D eigenvalue weighted by atomic mass is 28.3. The van der Waals surface area contributed by atoms with E-state index in [1.165, 1.54) is 5.56 Å². The predicted molar refractivity (Wildman–Crippen MR) is 81.1 cm³/mol. The Kier molecular flexibility index (Phi) is 4.41. The Morgan fingerprint density at radius 3 is 2.84 bits per heavy atom. The van der Waals surface area contributed by atoms with Crippen LogP contribution in [0.3, 0.4) is 0 Å². The fraction of sp³-hybridized carbons (Fsp3) is 0.214. The summed E-state index contributed by atoms with van der Waals surface area (Å²) in [6.07, 6.45) is 6.67. The van der Waals surface area contributed by atoms with Crippen LogP contribution in [0.25, 0.3) is 0 Å². The van der Waals surface area contributed by atoms with E-state index in [1.807, 2.05) is 25.1 Å². The van der Waals surface area contributed by atoms with Crippen molar-refractivity contribution in [2.45, 2.75) is 20.0 Å². The molecule has 1 aromatic heterocycles. The van der Waals surface area contributed by atoms with Crippen molar-refractivity contribution in [1.82, 2.24) is 9.97 Å². The minimum Gasteiger partial charge on any atom is -0.546 e. The van der Waals surface area contributed by atoms with Gasteiger partial charge >= 0.3 is 1.43 Å². The number of nitrogens with zero attached hydrogens (tertiary/aromatic N) is 3. The molecule has 0 fully saturated rings. The van der Waals surface area contributed by atoms with Crippen LogP contribution in [0.15, 0.2) is 41.8 Å². The van der Waals surface area contributed by atoms with Crippen LogP contribution in [0, 0.1) is 6.92 Å². The van der Waals surface area contributed by atoms with Crippen molar-refractivity contribution in [3.05, 3.63) is 48.0 Å². The molecule has 0 spiro atoms. The fourth-order valence-electron chi connectivity index (χ4n) is 1.59. The molecule has 0 atom stereocenters. The van der Waals surface area contributed by atoms with Gasteiger partial charge in [-0.3, -0.25) is 15.0 Å². The molecule has 0 aliphatic carbocycles. The highest BCUT2D eigenvalue weighted by Gasteiger charge is 2.05. The molecule has 19 heavy (non-hydrogen) atoms. The quantitative estimate of drug-likeness (QED) is 0.635. The zero-order valence-electron chi connectivity index (χ0n) is 12.4. The van der Waals surface area contributed by atoms with Gasteiger partial charge in [0.2, 0.25) is 9.04 Å². The molecule has 0 bridgehead atoms. The van der Waals surface area contributed by atoms with Crippen molar-refractivity contribution in [3.63, 3.8) is 0 Å². The van der Waals surface area contributed by atoms with Crippen LogP contribution >= 0.6 is 0 Å². The second-order valence-electron chi connectivity index (χ2n) is 4.53. The van der Waals surface area contributed by atoms with Crippen LogP contribution in [-0.2, 0) is 0 Å². The lowest BCUT2D eigenvalue weighted by Crippen LogP contribution is -2.11. The molecule has 1 heterocycles. The molecular formula is C14H18N3OSi+. The Morgan fingerprint density at radius 2 is 2.16 bits per heavy atom. The van der Waals surface area contributed by atoms with Gasteiger partial charge < -0.3 is 4.43 Å². The maximum atomic E-state index is 5.90. The summed E-state index contributed by atoms with van der Waals surface area (Å²) in [7, 11) is -1.15. The molecule has 2 aromatic rings.